The second-order valence-corrected chi connectivity index (χ2v) is 7.84. The number of nitrogens with one attached hydrogen (secondary N) is 1. The maximum Gasteiger partial charge on any atom is 0.496 e. The van der Waals surface area contributed by atoms with Gasteiger partial charge in [-0.05, 0) is 52.0 Å². The van der Waals surface area contributed by atoms with Gasteiger partial charge in [0.1, 0.15) is 0 Å². The standard InChI is InChI=1S/C17H26BNO2/c1-15(2)16(3,4)21-18(20-15)13-8-6-7-9-14(13)19-12-17(5)10-11-17/h6-9,19H,10-12H2,1-5H3. The Bertz CT molecular complexity index is 521. The Morgan fingerprint density at radius 3 is 2.14 bits per heavy atom. The van der Waals surface area contributed by atoms with Crippen molar-refractivity contribution >= 4 is 18.3 Å². The number of hydrogen-bond acceptors (Lipinski definition) is 3. The number of hydrogen-bond donors (Lipinski definition) is 1. The van der Waals surface area contributed by atoms with Crippen molar-refractivity contribution in [3.63, 3.8) is 0 Å². The van der Waals surface area contributed by atoms with Gasteiger partial charge in [-0.3, -0.25) is 0 Å². The van der Waals surface area contributed by atoms with Gasteiger partial charge in [-0.1, -0.05) is 25.1 Å². The van der Waals surface area contributed by atoms with Crippen LogP contribution in [0.25, 0.3) is 0 Å². The van der Waals surface area contributed by atoms with Crippen LogP contribution in [0.3, 0.4) is 0 Å². The van der Waals surface area contributed by atoms with E-state index in [-0.39, 0.29) is 18.3 Å². The molecule has 1 saturated heterocycles. The van der Waals surface area contributed by atoms with Gasteiger partial charge in [0.25, 0.3) is 0 Å². The molecular weight excluding hydrogens is 261 g/mol. The van der Waals surface area contributed by atoms with Crippen LogP contribution in [0.2, 0.25) is 0 Å². The molecule has 0 aromatic heterocycles. The molecule has 0 atom stereocenters. The van der Waals surface area contributed by atoms with Crippen molar-refractivity contribution in [1.29, 1.82) is 0 Å². The smallest absolute Gasteiger partial charge is 0.399 e. The summed E-state index contributed by atoms with van der Waals surface area (Å²) in [5.41, 5.74) is 2.10. The van der Waals surface area contributed by atoms with Gasteiger partial charge in [-0.2, -0.15) is 0 Å². The van der Waals surface area contributed by atoms with Crippen LogP contribution in [0.4, 0.5) is 5.69 Å². The molecule has 1 aliphatic carbocycles. The zero-order valence-corrected chi connectivity index (χ0v) is 13.8. The predicted molar refractivity (Wildman–Crippen MR) is 88.0 cm³/mol. The van der Waals surface area contributed by atoms with E-state index in [1.807, 2.05) is 6.07 Å². The Labute approximate surface area is 128 Å². The molecule has 0 amide bonds. The molecule has 2 fully saturated rings. The minimum atomic E-state index is -0.300. The third-order valence-corrected chi connectivity index (χ3v) is 5.28. The highest BCUT2D eigenvalue weighted by atomic mass is 16.7. The fourth-order valence-electron chi connectivity index (χ4n) is 2.53. The summed E-state index contributed by atoms with van der Waals surface area (Å²) < 4.78 is 12.4. The SMILES string of the molecule is CC1(CNc2ccccc2B2OC(C)(C)C(C)(C)O2)CC1. The van der Waals surface area contributed by atoms with Gasteiger partial charge in [-0.15, -0.1) is 0 Å². The van der Waals surface area contributed by atoms with Crippen molar-refractivity contribution in [2.75, 3.05) is 11.9 Å². The van der Waals surface area contributed by atoms with Crippen molar-refractivity contribution < 1.29 is 9.31 Å². The van der Waals surface area contributed by atoms with Gasteiger partial charge in [0.2, 0.25) is 0 Å². The Morgan fingerprint density at radius 2 is 1.57 bits per heavy atom. The third kappa shape index (κ3) is 2.84. The van der Waals surface area contributed by atoms with Crippen molar-refractivity contribution in [1.82, 2.24) is 0 Å². The van der Waals surface area contributed by atoms with Crippen LogP contribution in [0.15, 0.2) is 24.3 Å². The average molecular weight is 287 g/mol. The lowest BCUT2D eigenvalue weighted by atomic mass is 9.77. The van der Waals surface area contributed by atoms with E-state index >= 15 is 0 Å². The molecule has 3 nitrogen and oxygen atoms in total. The minimum absolute atomic E-state index is 0.298. The molecule has 1 N–H and O–H groups in total. The lowest BCUT2D eigenvalue weighted by Crippen LogP contribution is -2.41. The molecule has 0 unspecified atom stereocenters. The number of anilines is 1. The first-order valence-corrected chi connectivity index (χ1v) is 7.91. The number of benzene rings is 1. The zero-order valence-electron chi connectivity index (χ0n) is 13.8. The first-order chi connectivity index (χ1) is 9.73. The molecule has 0 radical (unpaired) electrons. The second kappa shape index (κ2) is 4.75. The van der Waals surface area contributed by atoms with Crippen LogP contribution in [-0.4, -0.2) is 24.9 Å². The van der Waals surface area contributed by atoms with Crippen LogP contribution in [0.1, 0.15) is 47.5 Å². The number of rotatable bonds is 4. The fraction of sp³-hybridized carbons (Fsp3) is 0.647. The predicted octanol–water partition coefficient (Wildman–Crippen LogP) is 3.20. The molecule has 0 spiro atoms. The molecule has 1 aromatic carbocycles. The van der Waals surface area contributed by atoms with E-state index < -0.39 is 0 Å². The summed E-state index contributed by atoms with van der Waals surface area (Å²) in [6, 6.07) is 8.32. The Balaban J connectivity index is 1.79. The van der Waals surface area contributed by atoms with E-state index in [0.717, 1.165) is 17.7 Å². The fourth-order valence-corrected chi connectivity index (χ4v) is 2.53. The molecule has 1 aromatic rings. The van der Waals surface area contributed by atoms with Gasteiger partial charge in [0.15, 0.2) is 0 Å². The Kier molecular flexibility index (Phi) is 3.38. The topological polar surface area (TPSA) is 30.5 Å². The first kappa shape index (κ1) is 14.9. The van der Waals surface area contributed by atoms with Crippen molar-refractivity contribution in [3.05, 3.63) is 24.3 Å². The van der Waals surface area contributed by atoms with E-state index in [4.69, 9.17) is 9.31 Å². The van der Waals surface area contributed by atoms with Gasteiger partial charge in [0, 0.05) is 17.7 Å². The molecule has 1 heterocycles. The van der Waals surface area contributed by atoms with E-state index in [2.05, 4.69) is 58.1 Å². The Hall–Kier alpha value is -0.995. The molecule has 0 bridgehead atoms. The average Bonchev–Trinajstić information content (AvgIpc) is 3.08. The van der Waals surface area contributed by atoms with E-state index in [0.29, 0.717) is 5.41 Å². The zero-order chi connectivity index (χ0) is 15.3. The molecule has 3 rings (SSSR count). The maximum atomic E-state index is 6.18. The normalized spacial score (nSPS) is 24.9. The lowest BCUT2D eigenvalue weighted by molar-refractivity contribution is 0.00578. The summed E-state index contributed by atoms with van der Waals surface area (Å²) in [4.78, 5) is 0. The first-order valence-electron chi connectivity index (χ1n) is 7.91. The van der Waals surface area contributed by atoms with Crippen LogP contribution >= 0.6 is 0 Å². The Morgan fingerprint density at radius 1 is 1.00 bits per heavy atom. The summed E-state index contributed by atoms with van der Waals surface area (Å²) in [5, 5.41) is 3.59. The third-order valence-electron chi connectivity index (χ3n) is 5.28. The van der Waals surface area contributed by atoms with Crippen LogP contribution in [0, 0.1) is 5.41 Å². The summed E-state index contributed by atoms with van der Waals surface area (Å²) in [7, 11) is -0.300. The highest BCUT2D eigenvalue weighted by molar-refractivity contribution is 6.63. The highest BCUT2D eigenvalue weighted by Gasteiger charge is 2.52. The van der Waals surface area contributed by atoms with Crippen molar-refractivity contribution in [2.24, 2.45) is 5.41 Å². The monoisotopic (exact) mass is 287 g/mol. The van der Waals surface area contributed by atoms with Crippen LogP contribution in [-0.2, 0) is 9.31 Å². The molecule has 1 saturated carbocycles. The van der Waals surface area contributed by atoms with Gasteiger partial charge < -0.3 is 14.6 Å². The largest absolute Gasteiger partial charge is 0.496 e. The van der Waals surface area contributed by atoms with Crippen molar-refractivity contribution in [2.45, 2.75) is 58.7 Å². The van der Waals surface area contributed by atoms with E-state index in [9.17, 15) is 0 Å². The second-order valence-electron chi connectivity index (χ2n) is 7.84. The van der Waals surface area contributed by atoms with Crippen LogP contribution < -0.4 is 10.8 Å². The maximum absolute atomic E-state index is 6.18. The summed E-state index contributed by atoms with van der Waals surface area (Å²) >= 11 is 0. The summed E-state index contributed by atoms with van der Waals surface area (Å²) in [6.07, 6.45) is 2.64. The van der Waals surface area contributed by atoms with Gasteiger partial charge in [-0.25, -0.2) is 0 Å². The van der Waals surface area contributed by atoms with E-state index in [1.165, 1.54) is 12.8 Å². The molecule has 114 valence electrons. The van der Waals surface area contributed by atoms with Gasteiger partial charge in [0.05, 0.1) is 11.2 Å². The highest BCUT2D eigenvalue weighted by Crippen LogP contribution is 2.44. The molecule has 4 heteroatoms. The molecule has 21 heavy (non-hydrogen) atoms. The van der Waals surface area contributed by atoms with E-state index in [1.54, 1.807) is 0 Å². The van der Waals surface area contributed by atoms with Crippen LogP contribution in [0.5, 0.6) is 0 Å². The van der Waals surface area contributed by atoms with Crippen molar-refractivity contribution in [3.8, 4) is 0 Å². The summed E-state index contributed by atoms with van der Waals surface area (Å²) in [5.74, 6) is 0. The quantitative estimate of drug-likeness (QED) is 0.863. The lowest BCUT2D eigenvalue weighted by Gasteiger charge is -2.32. The van der Waals surface area contributed by atoms with Gasteiger partial charge >= 0.3 is 7.12 Å². The molecular formula is C17H26BNO2. The minimum Gasteiger partial charge on any atom is -0.399 e. The summed E-state index contributed by atoms with van der Waals surface area (Å²) in [6.45, 7) is 11.7. The molecule has 2 aliphatic rings. The molecule has 1 aliphatic heterocycles. The number of para-hydroxylation sites is 1.